The minimum absolute atomic E-state index is 0.00293. The molecule has 1 unspecified atom stereocenters. The van der Waals surface area contributed by atoms with Crippen molar-refractivity contribution in [2.45, 2.75) is 25.3 Å². The molecule has 4 rings (SSSR count). The monoisotopic (exact) mass is 307 g/mol. The minimum Gasteiger partial charge on any atom is -0.365 e. The van der Waals surface area contributed by atoms with Gasteiger partial charge in [0.25, 0.3) is 0 Å². The molecular formula is C19H21N3O. The molecule has 4 heteroatoms. The Hall–Kier alpha value is -2.36. The van der Waals surface area contributed by atoms with Gasteiger partial charge >= 0.3 is 0 Å². The van der Waals surface area contributed by atoms with Gasteiger partial charge in [-0.05, 0) is 24.1 Å². The number of rotatable bonds is 2. The van der Waals surface area contributed by atoms with E-state index < -0.39 is 0 Å². The van der Waals surface area contributed by atoms with Crippen molar-refractivity contribution >= 4 is 11.6 Å². The third-order valence-corrected chi connectivity index (χ3v) is 5.14. The lowest BCUT2D eigenvalue weighted by molar-refractivity contribution is -0.127. The van der Waals surface area contributed by atoms with E-state index >= 15 is 0 Å². The van der Waals surface area contributed by atoms with Gasteiger partial charge in [0, 0.05) is 39.3 Å². The van der Waals surface area contributed by atoms with Crippen molar-refractivity contribution in [2.75, 3.05) is 24.5 Å². The average Bonchev–Trinajstić information content (AvgIpc) is 3.13. The third kappa shape index (κ3) is 2.38. The second-order valence-corrected chi connectivity index (χ2v) is 6.68. The molecule has 1 amide bonds. The molecule has 0 aliphatic carbocycles. The smallest absolute Gasteiger partial charge is 0.219 e. The Morgan fingerprint density at radius 2 is 2.00 bits per heavy atom. The van der Waals surface area contributed by atoms with E-state index in [1.807, 2.05) is 23.2 Å². The van der Waals surface area contributed by atoms with Crippen molar-refractivity contribution in [2.24, 2.45) is 0 Å². The first-order valence-corrected chi connectivity index (χ1v) is 8.18. The predicted octanol–water partition coefficient (Wildman–Crippen LogP) is 2.59. The van der Waals surface area contributed by atoms with E-state index in [9.17, 15) is 4.79 Å². The molecule has 2 aliphatic heterocycles. The number of hydrogen-bond acceptors (Lipinski definition) is 3. The number of aromatic nitrogens is 1. The van der Waals surface area contributed by atoms with Gasteiger partial charge in [-0.1, -0.05) is 30.3 Å². The maximum atomic E-state index is 11.8. The van der Waals surface area contributed by atoms with Gasteiger partial charge in [-0.15, -0.1) is 0 Å². The second-order valence-electron chi connectivity index (χ2n) is 6.68. The van der Waals surface area contributed by atoms with Gasteiger partial charge in [0.05, 0.1) is 16.8 Å². The van der Waals surface area contributed by atoms with Crippen LogP contribution in [0.5, 0.6) is 0 Å². The molecule has 1 spiro atoms. The first-order chi connectivity index (χ1) is 11.2. The molecule has 4 nitrogen and oxygen atoms in total. The number of hydrogen-bond donors (Lipinski definition) is 0. The van der Waals surface area contributed by atoms with Crippen molar-refractivity contribution in [3.8, 4) is 0 Å². The zero-order valence-corrected chi connectivity index (χ0v) is 13.4. The fraction of sp³-hybridized carbons (Fsp3) is 0.368. The van der Waals surface area contributed by atoms with Crippen LogP contribution in [0.15, 0.2) is 48.7 Å². The van der Waals surface area contributed by atoms with Crippen LogP contribution in [0.2, 0.25) is 0 Å². The Morgan fingerprint density at radius 3 is 2.74 bits per heavy atom. The lowest BCUT2D eigenvalue weighted by atomic mass is 9.85. The molecule has 118 valence electrons. The van der Waals surface area contributed by atoms with Gasteiger partial charge in [-0.3, -0.25) is 9.78 Å². The fourth-order valence-electron chi connectivity index (χ4n) is 3.99. The summed E-state index contributed by atoms with van der Waals surface area (Å²) in [4.78, 5) is 20.8. The zero-order chi connectivity index (χ0) is 15.9. The zero-order valence-electron chi connectivity index (χ0n) is 13.4. The van der Waals surface area contributed by atoms with Crippen LogP contribution in [-0.4, -0.2) is 35.4 Å². The van der Waals surface area contributed by atoms with E-state index in [1.54, 1.807) is 6.92 Å². The normalized spacial score (nSPS) is 22.7. The quantitative estimate of drug-likeness (QED) is 0.855. The summed E-state index contributed by atoms with van der Waals surface area (Å²) in [6.45, 7) is 5.12. The van der Waals surface area contributed by atoms with Gasteiger partial charge < -0.3 is 9.80 Å². The summed E-state index contributed by atoms with van der Waals surface area (Å²) in [5, 5.41) is 0. The summed E-state index contributed by atoms with van der Waals surface area (Å²) in [6.07, 6.45) is 2.88. The highest BCUT2D eigenvalue weighted by atomic mass is 16.2. The van der Waals surface area contributed by atoms with Crippen molar-refractivity contribution < 1.29 is 4.79 Å². The second kappa shape index (κ2) is 5.37. The summed E-state index contributed by atoms with van der Waals surface area (Å²) < 4.78 is 0. The van der Waals surface area contributed by atoms with E-state index in [0.29, 0.717) is 0 Å². The lowest BCUT2D eigenvalue weighted by Crippen LogP contribution is -2.37. The van der Waals surface area contributed by atoms with Crippen LogP contribution < -0.4 is 4.90 Å². The summed E-state index contributed by atoms with van der Waals surface area (Å²) in [6, 6.07) is 14.7. The van der Waals surface area contributed by atoms with Crippen LogP contribution in [0.1, 0.15) is 24.6 Å². The molecular weight excluding hydrogens is 286 g/mol. The van der Waals surface area contributed by atoms with E-state index in [0.717, 1.165) is 32.6 Å². The van der Waals surface area contributed by atoms with Crippen molar-refractivity contribution in [3.05, 3.63) is 59.9 Å². The molecule has 1 saturated heterocycles. The topological polar surface area (TPSA) is 36.4 Å². The number of carbonyl (C=O) groups excluding carboxylic acids is 1. The molecule has 0 bridgehead atoms. The number of pyridine rings is 1. The van der Waals surface area contributed by atoms with E-state index in [-0.39, 0.29) is 11.3 Å². The standard InChI is InChI=1S/C19H21N3O/c1-15(23)21-11-9-19(13-21)14-22(12-16-6-3-2-4-7-16)17-8-5-10-20-18(17)19/h2-8,10H,9,11-14H2,1H3. The Bertz CT molecular complexity index is 730. The lowest BCUT2D eigenvalue weighted by Gasteiger charge is -2.25. The maximum Gasteiger partial charge on any atom is 0.219 e. The number of amides is 1. The molecule has 1 atom stereocenters. The van der Waals surface area contributed by atoms with E-state index in [1.165, 1.54) is 16.9 Å². The highest BCUT2D eigenvalue weighted by molar-refractivity contribution is 5.74. The third-order valence-electron chi connectivity index (χ3n) is 5.14. The van der Waals surface area contributed by atoms with Crippen molar-refractivity contribution in [1.29, 1.82) is 0 Å². The molecule has 2 aromatic rings. The molecule has 0 N–H and O–H groups in total. The Labute approximate surface area is 136 Å². The van der Waals surface area contributed by atoms with Crippen LogP contribution in [0.25, 0.3) is 0 Å². The summed E-state index contributed by atoms with van der Waals surface area (Å²) >= 11 is 0. The largest absolute Gasteiger partial charge is 0.365 e. The molecule has 0 saturated carbocycles. The Kier molecular flexibility index (Phi) is 3.33. The van der Waals surface area contributed by atoms with Crippen LogP contribution in [0, 0.1) is 0 Å². The summed E-state index contributed by atoms with van der Waals surface area (Å²) in [7, 11) is 0. The summed E-state index contributed by atoms with van der Waals surface area (Å²) in [5.74, 6) is 0.167. The van der Waals surface area contributed by atoms with Gasteiger partial charge in [0.2, 0.25) is 5.91 Å². The first-order valence-electron chi connectivity index (χ1n) is 8.18. The van der Waals surface area contributed by atoms with Gasteiger partial charge in [0.15, 0.2) is 0 Å². The van der Waals surface area contributed by atoms with E-state index in [4.69, 9.17) is 4.98 Å². The average molecular weight is 307 g/mol. The van der Waals surface area contributed by atoms with Gasteiger partial charge in [-0.25, -0.2) is 0 Å². The van der Waals surface area contributed by atoms with Gasteiger partial charge in [-0.2, -0.15) is 0 Å². The number of fused-ring (bicyclic) bond motifs is 2. The molecule has 0 radical (unpaired) electrons. The fourth-order valence-corrected chi connectivity index (χ4v) is 3.99. The summed E-state index contributed by atoms with van der Waals surface area (Å²) in [5.41, 5.74) is 3.69. The Morgan fingerprint density at radius 1 is 1.17 bits per heavy atom. The number of likely N-dealkylation sites (tertiary alicyclic amines) is 1. The molecule has 23 heavy (non-hydrogen) atoms. The van der Waals surface area contributed by atoms with Crippen LogP contribution >= 0.6 is 0 Å². The van der Waals surface area contributed by atoms with Crippen molar-refractivity contribution in [3.63, 3.8) is 0 Å². The number of nitrogens with zero attached hydrogens (tertiary/aromatic N) is 3. The predicted molar refractivity (Wildman–Crippen MR) is 90.3 cm³/mol. The van der Waals surface area contributed by atoms with Crippen LogP contribution in [-0.2, 0) is 16.8 Å². The van der Waals surface area contributed by atoms with Crippen LogP contribution in [0.4, 0.5) is 5.69 Å². The number of anilines is 1. The first kappa shape index (κ1) is 14.2. The molecule has 1 fully saturated rings. The molecule has 3 heterocycles. The Balaban J connectivity index is 1.66. The van der Waals surface area contributed by atoms with E-state index in [2.05, 4.69) is 35.2 Å². The maximum absolute atomic E-state index is 11.8. The molecule has 1 aromatic heterocycles. The SMILES string of the molecule is CC(=O)N1CCC2(C1)CN(Cc1ccccc1)c1cccnc12. The highest BCUT2D eigenvalue weighted by Gasteiger charge is 2.48. The van der Waals surface area contributed by atoms with Crippen molar-refractivity contribution in [1.82, 2.24) is 9.88 Å². The molecule has 1 aromatic carbocycles. The highest BCUT2D eigenvalue weighted by Crippen LogP contribution is 2.45. The molecule has 2 aliphatic rings. The van der Waals surface area contributed by atoms with Gasteiger partial charge in [0.1, 0.15) is 0 Å². The van der Waals surface area contributed by atoms with Crippen LogP contribution in [0.3, 0.4) is 0 Å². The number of benzene rings is 1. The number of carbonyl (C=O) groups is 1. The minimum atomic E-state index is -0.00293.